The summed E-state index contributed by atoms with van der Waals surface area (Å²) in [6.07, 6.45) is 2.19. The molecule has 1 unspecified atom stereocenters. The van der Waals surface area contributed by atoms with E-state index in [1.54, 1.807) is 11.8 Å². The minimum atomic E-state index is -1.27. The average molecular weight is 300 g/mol. The van der Waals surface area contributed by atoms with E-state index in [0.717, 1.165) is 12.8 Å². The Hall–Kier alpha value is -1.59. The molecule has 0 aliphatic rings. The van der Waals surface area contributed by atoms with Gasteiger partial charge in [-0.1, -0.05) is 20.8 Å². The molecule has 6 heteroatoms. The molecule has 0 aromatic heterocycles. The quantitative estimate of drug-likeness (QED) is 0.644. The van der Waals surface area contributed by atoms with Gasteiger partial charge in [-0.25, -0.2) is 4.79 Å². The highest BCUT2D eigenvalue weighted by atomic mass is 16.4. The van der Waals surface area contributed by atoms with Crippen LogP contribution < -0.4 is 5.32 Å². The second-order valence-corrected chi connectivity index (χ2v) is 5.42. The van der Waals surface area contributed by atoms with E-state index in [-0.39, 0.29) is 18.7 Å². The summed E-state index contributed by atoms with van der Waals surface area (Å²) in [6.45, 7) is 8.55. The summed E-state index contributed by atoms with van der Waals surface area (Å²) in [5, 5.41) is 11.6. The Morgan fingerprint density at radius 3 is 1.95 bits per heavy atom. The van der Waals surface area contributed by atoms with Gasteiger partial charge in [0.2, 0.25) is 11.8 Å². The van der Waals surface area contributed by atoms with Crippen molar-refractivity contribution >= 4 is 17.8 Å². The van der Waals surface area contributed by atoms with Gasteiger partial charge >= 0.3 is 5.97 Å². The zero-order valence-corrected chi connectivity index (χ0v) is 13.6. The molecule has 2 N–H and O–H groups in total. The van der Waals surface area contributed by atoms with E-state index >= 15 is 0 Å². The number of carboxylic acid groups (broad SMARTS) is 1. The maximum atomic E-state index is 12.0. The van der Waals surface area contributed by atoms with Crippen LogP contribution in [0.15, 0.2) is 0 Å². The van der Waals surface area contributed by atoms with E-state index < -0.39 is 17.4 Å². The molecule has 0 aliphatic heterocycles. The molecular formula is C15H28N2O4. The Kier molecular flexibility index (Phi) is 8.66. The summed E-state index contributed by atoms with van der Waals surface area (Å²) in [4.78, 5) is 36.7. The van der Waals surface area contributed by atoms with Crippen LogP contribution in [-0.4, -0.2) is 46.4 Å². The van der Waals surface area contributed by atoms with Crippen LogP contribution in [0.2, 0.25) is 0 Å². The lowest BCUT2D eigenvalue weighted by atomic mass is 9.99. The van der Waals surface area contributed by atoms with Gasteiger partial charge in [-0.15, -0.1) is 0 Å². The van der Waals surface area contributed by atoms with Crippen LogP contribution >= 0.6 is 0 Å². The van der Waals surface area contributed by atoms with Crippen molar-refractivity contribution < 1.29 is 19.5 Å². The fourth-order valence-corrected chi connectivity index (χ4v) is 1.94. The lowest BCUT2D eigenvalue weighted by Crippen LogP contribution is -2.51. The highest BCUT2D eigenvalue weighted by molar-refractivity contribution is 5.88. The molecular weight excluding hydrogens is 272 g/mol. The predicted molar refractivity (Wildman–Crippen MR) is 80.9 cm³/mol. The van der Waals surface area contributed by atoms with E-state index in [4.69, 9.17) is 5.11 Å². The first-order valence-corrected chi connectivity index (χ1v) is 7.62. The largest absolute Gasteiger partial charge is 0.480 e. The number of amides is 2. The molecule has 0 saturated heterocycles. The molecule has 0 aromatic rings. The predicted octanol–water partition coefficient (Wildman–Crippen LogP) is 1.78. The van der Waals surface area contributed by atoms with Crippen LogP contribution in [0.5, 0.6) is 0 Å². The standard InChI is InChI=1S/C15H28N2O4/c1-5-10-17(11-6-2)13(19)9-8-12(18)16-15(4,7-3)14(20)21/h5-11H2,1-4H3,(H,16,18)(H,20,21). The molecule has 0 heterocycles. The topological polar surface area (TPSA) is 86.7 Å². The van der Waals surface area contributed by atoms with Crippen molar-refractivity contribution in [2.24, 2.45) is 0 Å². The Labute approximate surface area is 126 Å². The summed E-state index contributed by atoms with van der Waals surface area (Å²) < 4.78 is 0. The number of nitrogens with zero attached hydrogens (tertiary/aromatic N) is 1. The van der Waals surface area contributed by atoms with Crippen LogP contribution in [0.4, 0.5) is 0 Å². The monoisotopic (exact) mass is 300 g/mol. The van der Waals surface area contributed by atoms with Crippen LogP contribution in [0.25, 0.3) is 0 Å². The second kappa shape index (κ2) is 9.37. The summed E-state index contributed by atoms with van der Waals surface area (Å²) in [5.74, 6) is -1.52. The van der Waals surface area contributed by atoms with Gasteiger partial charge in [0.1, 0.15) is 5.54 Å². The zero-order chi connectivity index (χ0) is 16.5. The highest BCUT2D eigenvalue weighted by Crippen LogP contribution is 2.10. The van der Waals surface area contributed by atoms with E-state index in [1.807, 2.05) is 13.8 Å². The molecule has 0 aromatic carbocycles. The molecule has 21 heavy (non-hydrogen) atoms. The lowest BCUT2D eigenvalue weighted by molar-refractivity contribution is -0.147. The Balaban J connectivity index is 4.40. The molecule has 0 fully saturated rings. The van der Waals surface area contributed by atoms with E-state index in [0.29, 0.717) is 19.5 Å². The van der Waals surface area contributed by atoms with Crippen LogP contribution in [-0.2, 0) is 14.4 Å². The molecule has 0 saturated carbocycles. The van der Waals surface area contributed by atoms with Crippen LogP contribution in [0, 0.1) is 0 Å². The van der Waals surface area contributed by atoms with E-state index in [2.05, 4.69) is 5.32 Å². The van der Waals surface area contributed by atoms with Crippen molar-refractivity contribution in [3.8, 4) is 0 Å². The van der Waals surface area contributed by atoms with Gasteiger partial charge in [-0.3, -0.25) is 9.59 Å². The maximum absolute atomic E-state index is 12.0. The zero-order valence-electron chi connectivity index (χ0n) is 13.6. The van der Waals surface area contributed by atoms with Crippen molar-refractivity contribution in [3.63, 3.8) is 0 Å². The number of carboxylic acids is 1. The van der Waals surface area contributed by atoms with Crippen molar-refractivity contribution in [2.45, 2.75) is 65.3 Å². The van der Waals surface area contributed by atoms with Gasteiger partial charge in [0.05, 0.1) is 0 Å². The first-order chi connectivity index (χ1) is 9.80. The normalized spacial score (nSPS) is 13.3. The number of rotatable bonds is 10. The molecule has 0 bridgehead atoms. The van der Waals surface area contributed by atoms with Crippen molar-refractivity contribution in [1.82, 2.24) is 10.2 Å². The molecule has 6 nitrogen and oxygen atoms in total. The molecule has 122 valence electrons. The third-order valence-electron chi connectivity index (χ3n) is 3.50. The number of carbonyl (C=O) groups excluding carboxylic acids is 2. The van der Waals surface area contributed by atoms with Gasteiger partial charge in [0.25, 0.3) is 0 Å². The maximum Gasteiger partial charge on any atom is 0.329 e. The van der Waals surface area contributed by atoms with Crippen molar-refractivity contribution in [3.05, 3.63) is 0 Å². The van der Waals surface area contributed by atoms with Crippen LogP contribution in [0.3, 0.4) is 0 Å². The summed E-state index contributed by atoms with van der Waals surface area (Å²) in [6, 6.07) is 0. The highest BCUT2D eigenvalue weighted by Gasteiger charge is 2.32. The smallest absolute Gasteiger partial charge is 0.329 e. The van der Waals surface area contributed by atoms with E-state index in [9.17, 15) is 14.4 Å². The minimum Gasteiger partial charge on any atom is -0.480 e. The van der Waals surface area contributed by atoms with Gasteiger partial charge in [-0.2, -0.15) is 0 Å². The Morgan fingerprint density at radius 1 is 1.05 bits per heavy atom. The number of hydrogen-bond donors (Lipinski definition) is 2. The van der Waals surface area contributed by atoms with Crippen molar-refractivity contribution in [1.29, 1.82) is 0 Å². The van der Waals surface area contributed by atoms with Crippen molar-refractivity contribution in [2.75, 3.05) is 13.1 Å². The summed E-state index contributed by atoms with van der Waals surface area (Å²) in [5.41, 5.74) is -1.27. The van der Waals surface area contributed by atoms with E-state index in [1.165, 1.54) is 6.92 Å². The molecule has 0 spiro atoms. The first kappa shape index (κ1) is 19.4. The van der Waals surface area contributed by atoms with Gasteiger partial charge in [0.15, 0.2) is 0 Å². The molecule has 0 aliphatic carbocycles. The molecule has 2 amide bonds. The Morgan fingerprint density at radius 2 is 1.57 bits per heavy atom. The first-order valence-electron chi connectivity index (χ1n) is 7.62. The SMILES string of the molecule is CCCN(CCC)C(=O)CCC(=O)NC(C)(CC)C(=O)O. The fraction of sp³-hybridized carbons (Fsp3) is 0.800. The Bertz CT molecular complexity index is 365. The third kappa shape index (κ3) is 6.60. The van der Waals surface area contributed by atoms with Gasteiger partial charge in [0, 0.05) is 25.9 Å². The third-order valence-corrected chi connectivity index (χ3v) is 3.50. The number of carbonyl (C=O) groups is 3. The molecule has 0 radical (unpaired) electrons. The summed E-state index contributed by atoms with van der Waals surface area (Å²) >= 11 is 0. The average Bonchev–Trinajstić information content (AvgIpc) is 2.44. The molecule has 0 rings (SSSR count). The van der Waals surface area contributed by atoms with Gasteiger partial charge < -0.3 is 15.3 Å². The van der Waals surface area contributed by atoms with Gasteiger partial charge in [-0.05, 0) is 26.2 Å². The number of nitrogens with one attached hydrogen (secondary N) is 1. The molecule has 1 atom stereocenters. The lowest BCUT2D eigenvalue weighted by Gasteiger charge is -2.25. The fourth-order valence-electron chi connectivity index (χ4n) is 1.94. The number of hydrogen-bond acceptors (Lipinski definition) is 3. The second-order valence-electron chi connectivity index (χ2n) is 5.42. The minimum absolute atomic E-state index is 0.0195. The van der Waals surface area contributed by atoms with Crippen LogP contribution in [0.1, 0.15) is 59.8 Å². The number of aliphatic carboxylic acids is 1. The summed E-state index contributed by atoms with van der Waals surface area (Å²) in [7, 11) is 0.